The molecule has 3 N–H and O–H groups in total. The van der Waals surface area contributed by atoms with Crippen molar-refractivity contribution in [3.8, 4) is 0 Å². The molecule has 1 aromatic carbocycles. The highest BCUT2D eigenvalue weighted by Gasteiger charge is 2.18. The van der Waals surface area contributed by atoms with E-state index in [0.29, 0.717) is 24.8 Å². The molecule has 0 bridgehead atoms. The Labute approximate surface area is 132 Å². The molecule has 0 saturated carbocycles. The second-order valence-electron chi connectivity index (χ2n) is 4.58. The van der Waals surface area contributed by atoms with Gasteiger partial charge < -0.3 is 10.2 Å². The molecule has 5 nitrogen and oxygen atoms in total. The number of hydrazine groups is 1. The number of ether oxygens (including phenoxy) is 1. The summed E-state index contributed by atoms with van der Waals surface area (Å²) in [5.74, 6) is 7.59. The summed E-state index contributed by atoms with van der Waals surface area (Å²) < 4.78 is 5.43. The third-order valence-corrected chi connectivity index (χ3v) is 4.71. The van der Waals surface area contributed by atoms with Gasteiger partial charge in [-0.1, -0.05) is 23.7 Å². The molecular formula is C14H15ClN4OS. The zero-order chi connectivity index (χ0) is 14.7. The van der Waals surface area contributed by atoms with Gasteiger partial charge in [0.15, 0.2) is 0 Å². The predicted molar refractivity (Wildman–Crippen MR) is 84.2 cm³/mol. The Morgan fingerprint density at radius 3 is 3.00 bits per heavy atom. The molecule has 0 fully saturated rings. The molecule has 0 amide bonds. The molecule has 1 aliphatic rings. The number of nitrogens with two attached hydrogens (primary N) is 1. The van der Waals surface area contributed by atoms with E-state index in [1.165, 1.54) is 0 Å². The normalized spacial score (nSPS) is 13.8. The van der Waals surface area contributed by atoms with Crippen LogP contribution in [0.1, 0.15) is 17.1 Å². The van der Waals surface area contributed by atoms with Gasteiger partial charge in [-0.15, -0.1) is 11.8 Å². The van der Waals surface area contributed by atoms with Gasteiger partial charge in [0.25, 0.3) is 0 Å². The maximum absolute atomic E-state index is 6.15. The van der Waals surface area contributed by atoms with Crippen LogP contribution in [0.4, 0.5) is 5.82 Å². The highest BCUT2D eigenvalue weighted by Crippen LogP contribution is 2.30. The number of aromatic nitrogens is 2. The summed E-state index contributed by atoms with van der Waals surface area (Å²) in [7, 11) is 0. The summed E-state index contributed by atoms with van der Waals surface area (Å²) in [6.45, 7) is 1.19. The third-order valence-electron chi connectivity index (χ3n) is 3.20. The van der Waals surface area contributed by atoms with E-state index in [0.717, 1.165) is 33.4 Å². The standard InChI is InChI=1S/C14H15ClN4OS/c15-10-3-1-2-4-12(10)21-8-13-17-11-5-6-20-7-9(11)14(18-13)19-16/h1-4H,5-8,16H2,(H,17,18,19). The topological polar surface area (TPSA) is 73.1 Å². The quantitative estimate of drug-likeness (QED) is 0.512. The van der Waals surface area contributed by atoms with Crippen LogP contribution >= 0.6 is 23.4 Å². The van der Waals surface area contributed by atoms with E-state index < -0.39 is 0 Å². The summed E-state index contributed by atoms with van der Waals surface area (Å²) in [4.78, 5) is 10.1. The van der Waals surface area contributed by atoms with E-state index in [2.05, 4.69) is 15.4 Å². The summed E-state index contributed by atoms with van der Waals surface area (Å²) >= 11 is 7.77. The number of nitrogens with zero attached hydrogens (tertiary/aromatic N) is 2. The Bertz CT molecular complexity index is 636. The SMILES string of the molecule is NNc1nc(CSc2ccccc2Cl)nc2c1COCC2. The lowest BCUT2D eigenvalue weighted by Crippen LogP contribution is -2.20. The molecule has 0 radical (unpaired) electrons. The maximum Gasteiger partial charge on any atom is 0.149 e. The van der Waals surface area contributed by atoms with Crippen LogP contribution in [0.2, 0.25) is 5.02 Å². The van der Waals surface area contributed by atoms with Crippen molar-refractivity contribution in [3.05, 3.63) is 46.4 Å². The van der Waals surface area contributed by atoms with Crippen molar-refractivity contribution in [1.29, 1.82) is 0 Å². The van der Waals surface area contributed by atoms with Crippen LogP contribution in [0, 0.1) is 0 Å². The van der Waals surface area contributed by atoms with E-state index in [1.807, 2.05) is 24.3 Å². The number of anilines is 1. The first kappa shape index (κ1) is 14.6. The first-order chi connectivity index (χ1) is 10.3. The van der Waals surface area contributed by atoms with Crippen LogP contribution in [0.15, 0.2) is 29.2 Å². The molecule has 2 heterocycles. The van der Waals surface area contributed by atoms with E-state index in [9.17, 15) is 0 Å². The molecule has 7 heteroatoms. The van der Waals surface area contributed by atoms with Crippen molar-refractivity contribution >= 4 is 29.2 Å². The fraction of sp³-hybridized carbons (Fsp3) is 0.286. The Balaban J connectivity index is 1.81. The molecule has 3 rings (SSSR count). The number of rotatable bonds is 4. The monoisotopic (exact) mass is 322 g/mol. The lowest BCUT2D eigenvalue weighted by Gasteiger charge is -2.19. The lowest BCUT2D eigenvalue weighted by atomic mass is 10.1. The summed E-state index contributed by atoms with van der Waals surface area (Å²) in [6.07, 6.45) is 0.788. The van der Waals surface area contributed by atoms with Gasteiger partial charge in [-0.25, -0.2) is 15.8 Å². The molecular weight excluding hydrogens is 308 g/mol. The van der Waals surface area contributed by atoms with Gasteiger partial charge in [0, 0.05) is 16.9 Å². The van der Waals surface area contributed by atoms with Crippen molar-refractivity contribution < 1.29 is 4.74 Å². The van der Waals surface area contributed by atoms with Crippen molar-refractivity contribution in [2.24, 2.45) is 5.84 Å². The average molecular weight is 323 g/mol. The smallest absolute Gasteiger partial charge is 0.149 e. The Kier molecular flexibility index (Phi) is 4.60. The Morgan fingerprint density at radius 2 is 2.19 bits per heavy atom. The van der Waals surface area contributed by atoms with E-state index in [1.54, 1.807) is 11.8 Å². The van der Waals surface area contributed by atoms with Crippen molar-refractivity contribution in [3.63, 3.8) is 0 Å². The second-order valence-corrected chi connectivity index (χ2v) is 6.00. The molecule has 1 aliphatic heterocycles. The van der Waals surface area contributed by atoms with E-state index in [-0.39, 0.29) is 0 Å². The number of nitrogens with one attached hydrogen (secondary N) is 1. The zero-order valence-electron chi connectivity index (χ0n) is 11.3. The molecule has 110 valence electrons. The molecule has 0 unspecified atom stereocenters. The molecule has 2 aromatic rings. The highest BCUT2D eigenvalue weighted by atomic mass is 35.5. The minimum absolute atomic E-state index is 0.507. The number of halogens is 1. The van der Waals surface area contributed by atoms with Crippen LogP contribution < -0.4 is 11.3 Å². The summed E-state index contributed by atoms with van der Waals surface area (Å²) in [5.41, 5.74) is 4.61. The summed E-state index contributed by atoms with van der Waals surface area (Å²) in [6, 6.07) is 7.74. The molecule has 1 aromatic heterocycles. The van der Waals surface area contributed by atoms with Crippen molar-refractivity contribution in [2.75, 3.05) is 12.0 Å². The number of benzene rings is 1. The van der Waals surface area contributed by atoms with E-state index in [4.69, 9.17) is 22.2 Å². The fourth-order valence-corrected chi connectivity index (χ4v) is 3.26. The number of thioether (sulfide) groups is 1. The number of nitrogen functional groups attached to an aromatic ring is 1. The number of hydrogen-bond donors (Lipinski definition) is 2. The van der Waals surface area contributed by atoms with Crippen LogP contribution in [0.5, 0.6) is 0 Å². The first-order valence-corrected chi connectivity index (χ1v) is 7.94. The minimum atomic E-state index is 0.507. The van der Waals surface area contributed by atoms with Crippen LogP contribution in [0.25, 0.3) is 0 Å². The van der Waals surface area contributed by atoms with Crippen LogP contribution in [0.3, 0.4) is 0 Å². The van der Waals surface area contributed by atoms with Gasteiger partial charge in [0.2, 0.25) is 0 Å². The Hall–Kier alpha value is -1.34. The van der Waals surface area contributed by atoms with Crippen LogP contribution in [-0.2, 0) is 23.5 Å². The number of fused-ring (bicyclic) bond motifs is 1. The predicted octanol–water partition coefficient (Wildman–Crippen LogP) is 2.78. The maximum atomic E-state index is 6.15. The third kappa shape index (κ3) is 3.29. The van der Waals surface area contributed by atoms with Gasteiger partial charge in [-0.3, -0.25) is 0 Å². The van der Waals surface area contributed by atoms with Gasteiger partial charge >= 0.3 is 0 Å². The molecule has 21 heavy (non-hydrogen) atoms. The first-order valence-electron chi connectivity index (χ1n) is 6.58. The van der Waals surface area contributed by atoms with Gasteiger partial charge in [0.05, 0.1) is 29.7 Å². The largest absolute Gasteiger partial charge is 0.376 e. The molecule has 0 atom stereocenters. The van der Waals surface area contributed by atoms with Crippen molar-refractivity contribution in [2.45, 2.75) is 23.7 Å². The van der Waals surface area contributed by atoms with Gasteiger partial charge in [0.1, 0.15) is 11.6 Å². The number of hydrogen-bond acceptors (Lipinski definition) is 6. The lowest BCUT2D eigenvalue weighted by molar-refractivity contribution is 0.109. The molecule has 0 saturated heterocycles. The fourth-order valence-electron chi connectivity index (χ4n) is 2.17. The van der Waals surface area contributed by atoms with Crippen LogP contribution in [-0.4, -0.2) is 16.6 Å². The minimum Gasteiger partial charge on any atom is -0.376 e. The zero-order valence-corrected chi connectivity index (χ0v) is 12.9. The second kappa shape index (κ2) is 6.62. The van der Waals surface area contributed by atoms with Gasteiger partial charge in [-0.05, 0) is 12.1 Å². The average Bonchev–Trinajstić information content (AvgIpc) is 2.53. The van der Waals surface area contributed by atoms with E-state index >= 15 is 0 Å². The highest BCUT2D eigenvalue weighted by molar-refractivity contribution is 7.98. The Morgan fingerprint density at radius 1 is 1.33 bits per heavy atom. The molecule has 0 spiro atoms. The molecule has 0 aliphatic carbocycles. The summed E-state index contributed by atoms with van der Waals surface area (Å²) in [5, 5.41) is 0.742. The van der Waals surface area contributed by atoms with Crippen molar-refractivity contribution in [1.82, 2.24) is 9.97 Å². The van der Waals surface area contributed by atoms with Gasteiger partial charge in [-0.2, -0.15) is 0 Å².